The smallest absolute Gasteiger partial charge is 0.00346 e. The van der Waals surface area contributed by atoms with E-state index in [-0.39, 0.29) is 0 Å². The summed E-state index contributed by atoms with van der Waals surface area (Å²) in [5.41, 5.74) is 1.28. The predicted octanol–water partition coefficient (Wildman–Crippen LogP) is 2.55. The Hall–Kier alpha value is -0.460. The highest BCUT2D eigenvalue weighted by Gasteiger charge is 1.94. The van der Waals surface area contributed by atoms with Crippen LogP contribution in [0.5, 0.6) is 0 Å². The standard InChI is InChI=1S/C9H19N/c1-5-6-8(2)7-9(3)10-4/h7-8,10H,5-6H2,1-4H3/b9-7-/t8-/m0/s1. The lowest BCUT2D eigenvalue weighted by Gasteiger charge is -2.05. The zero-order valence-corrected chi connectivity index (χ0v) is 7.57. The quantitative estimate of drug-likeness (QED) is 0.634. The van der Waals surface area contributed by atoms with Crippen molar-refractivity contribution in [3.05, 3.63) is 11.8 Å². The molecule has 60 valence electrons. The average molecular weight is 141 g/mol. The number of rotatable bonds is 4. The molecule has 0 aromatic rings. The molecule has 10 heavy (non-hydrogen) atoms. The number of nitrogens with one attached hydrogen (secondary N) is 1. The van der Waals surface area contributed by atoms with E-state index in [1.807, 2.05) is 7.05 Å². The fraction of sp³-hybridized carbons (Fsp3) is 0.778. The van der Waals surface area contributed by atoms with Crippen molar-refractivity contribution in [2.75, 3.05) is 7.05 Å². The van der Waals surface area contributed by atoms with Crippen LogP contribution in [0.2, 0.25) is 0 Å². The van der Waals surface area contributed by atoms with E-state index in [1.54, 1.807) is 0 Å². The molecule has 0 bridgehead atoms. The normalized spacial score (nSPS) is 15.0. The van der Waals surface area contributed by atoms with Gasteiger partial charge in [0.25, 0.3) is 0 Å². The highest BCUT2D eigenvalue weighted by atomic mass is 14.8. The molecule has 0 radical (unpaired) electrons. The van der Waals surface area contributed by atoms with Crippen molar-refractivity contribution in [3.8, 4) is 0 Å². The van der Waals surface area contributed by atoms with Gasteiger partial charge in [0.05, 0.1) is 0 Å². The fourth-order valence-electron chi connectivity index (χ4n) is 1.05. The molecule has 0 saturated heterocycles. The Morgan fingerprint density at radius 1 is 1.60 bits per heavy atom. The van der Waals surface area contributed by atoms with Gasteiger partial charge in [-0.15, -0.1) is 0 Å². The summed E-state index contributed by atoms with van der Waals surface area (Å²) < 4.78 is 0. The van der Waals surface area contributed by atoms with Crippen molar-refractivity contribution in [3.63, 3.8) is 0 Å². The van der Waals surface area contributed by atoms with Crippen molar-refractivity contribution in [1.29, 1.82) is 0 Å². The summed E-state index contributed by atoms with van der Waals surface area (Å²) >= 11 is 0. The first-order valence-electron chi connectivity index (χ1n) is 4.06. The van der Waals surface area contributed by atoms with Crippen LogP contribution in [0.15, 0.2) is 11.8 Å². The Kier molecular flexibility index (Phi) is 5.09. The van der Waals surface area contributed by atoms with E-state index in [0.29, 0.717) is 0 Å². The molecule has 0 amide bonds. The number of allylic oxidation sites excluding steroid dienone is 2. The summed E-state index contributed by atoms with van der Waals surface area (Å²) in [7, 11) is 1.96. The zero-order valence-electron chi connectivity index (χ0n) is 7.57. The minimum atomic E-state index is 0.720. The van der Waals surface area contributed by atoms with Gasteiger partial charge in [-0.2, -0.15) is 0 Å². The van der Waals surface area contributed by atoms with Crippen molar-refractivity contribution in [2.24, 2.45) is 5.92 Å². The molecular weight excluding hydrogens is 122 g/mol. The summed E-state index contributed by atoms with van der Waals surface area (Å²) in [4.78, 5) is 0. The molecule has 0 aromatic heterocycles. The van der Waals surface area contributed by atoms with E-state index >= 15 is 0 Å². The first-order valence-corrected chi connectivity index (χ1v) is 4.06. The first-order chi connectivity index (χ1) is 4.70. The second-order valence-electron chi connectivity index (χ2n) is 2.87. The summed E-state index contributed by atoms with van der Waals surface area (Å²) in [6.45, 7) is 6.58. The second-order valence-corrected chi connectivity index (χ2v) is 2.87. The van der Waals surface area contributed by atoms with Crippen LogP contribution < -0.4 is 5.32 Å². The molecule has 0 heterocycles. The van der Waals surface area contributed by atoms with Crippen LogP contribution in [0.3, 0.4) is 0 Å². The van der Waals surface area contributed by atoms with Gasteiger partial charge >= 0.3 is 0 Å². The van der Waals surface area contributed by atoms with Gasteiger partial charge in [-0.25, -0.2) is 0 Å². The first kappa shape index (κ1) is 9.54. The Labute approximate surface area is 64.5 Å². The Morgan fingerprint density at radius 2 is 2.20 bits per heavy atom. The minimum Gasteiger partial charge on any atom is -0.392 e. The molecule has 1 atom stereocenters. The van der Waals surface area contributed by atoms with Gasteiger partial charge in [-0.3, -0.25) is 0 Å². The minimum absolute atomic E-state index is 0.720. The highest BCUT2D eigenvalue weighted by Crippen LogP contribution is 2.07. The summed E-state index contributed by atoms with van der Waals surface area (Å²) in [5.74, 6) is 0.720. The van der Waals surface area contributed by atoms with Gasteiger partial charge < -0.3 is 5.32 Å². The summed E-state index contributed by atoms with van der Waals surface area (Å²) in [6.07, 6.45) is 4.84. The van der Waals surface area contributed by atoms with Crippen LogP contribution in [-0.2, 0) is 0 Å². The maximum absolute atomic E-state index is 3.12. The van der Waals surface area contributed by atoms with Gasteiger partial charge in [-0.1, -0.05) is 26.3 Å². The van der Waals surface area contributed by atoms with E-state index in [0.717, 1.165) is 5.92 Å². The van der Waals surface area contributed by atoms with E-state index in [2.05, 4.69) is 32.2 Å². The molecule has 0 fully saturated rings. The van der Waals surface area contributed by atoms with Crippen LogP contribution in [0.4, 0.5) is 0 Å². The van der Waals surface area contributed by atoms with Crippen molar-refractivity contribution < 1.29 is 0 Å². The zero-order chi connectivity index (χ0) is 7.98. The Morgan fingerprint density at radius 3 is 2.60 bits per heavy atom. The van der Waals surface area contributed by atoms with Gasteiger partial charge in [0, 0.05) is 12.7 Å². The fourth-order valence-corrected chi connectivity index (χ4v) is 1.05. The molecule has 1 nitrogen and oxygen atoms in total. The average Bonchev–Trinajstić information content (AvgIpc) is 1.88. The van der Waals surface area contributed by atoms with Crippen LogP contribution in [0.25, 0.3) is 0 Å². The van der Waals surface area contributed by atoms with Crippen LogP contribution in [0.1, 0.15) is 33.6 Å². The lowest BCUT2D eigenvalue weighted by molar-refractivity contribution is 0.626. The molecular formula is C9H19N. The lowest BCUT2D eigenvalue weighted by Crippen LogP contribution is -2.03. The van der Waals surface area contributed by atoms with E-state index < -0.39 is 0 Å². The number of hydrogen-bond acceptors (Lipinski definition) is 1. The van der Waals surface area contributed by atoms with Crippen LogP contribution in [-0.4, -0.2) is 7.05 Å². The molecule has 0 aliphatic heterocycles. The van der Waals surface area contributed by atoms with Gasteiger partial charge in [0.1, 0.15) is 0 Å². The third kappa shape index (κ3) is 4.42. The Bertz CT molecular complexity index is 105. The van der Waals surface area contributed by atoms with Crippen molar-refractivity contribution in [2.45, 2.75) is 33.6 Å². The molecule has 0 saturated carbocycles. The van der Waals surface area contributed by atoms with Gasteiger partial charge in [0.2, 0.25) is 0 Å². The predicted molar refractivity (Wildman–Crippen MR) is 46.9 cm³/mol. The van der Waals surface area contributed by atoms with Crippen LogP contribution >= 0.6 is 0 Å². The third-order valence-electron chi connectivity index (χ3n) is 1.67. The van der Waals surface area contributed by atoms with E-state index in [4.69, 9.17) is 0 Å². The largest absolute Gasteiger partial charge is 0.392 e. The highest BCUT2D eigenvalue weighted by molar-refractivity contribution is 4.96. The summed E-state index contributed by atoms with van der Waals surface area (Å²) in [6, 6.07) is 0. The molecule has 0 aliphatic carbocycles. The van der Waals surface area contributed by atoms with Crippen molar-refractivity contribution >= 4 is 0 Å². The lowest BCUT2D eigenvalue weighted by atomic mass is 10.1. The SMILES string of the molecule is CCC[C@H](C)/C=C(/C)NC. The Balaban J connectivity index is 3.62. The monoisotopic (exact) mass is 141 g/mol. The van der Waals surface area contributed by atoms with Crippen molar-refractivity contribution in [1.82, 2.24) is 5.32 Å². The van der Waals surface area contributed by atoms with E-state index in [9.17, 15) is 0 Å². The second kappa shape index (κ2) is 5.33. The molecule has 0 spiro atoms. The maximum atomic E-state index is 3.12. The molecule has 0 aromatic carbocycles. The third-order valence-corrected chi connectivity index (χ3v) is 1.67. The van der Waals surface area contributed by atoms with Gasteiger partial charge in [-0.05, 0) is 19.3 Å². The number of hydrogen-bond donors (Lipinski definition) is 1. The topological polar surface area (TPSA) is 12.0 Å². The molecule has 1 N–H and O–H groups in total. The van der Waals surface area contributed by atoms with E-state index in [1.165, 1.54) is 18.5 Å². The van der Waals surface area contributed by atoms with Crippen LogP contribution in [0, 0.1) is 5.92 Å². The summed E-state index contributed by atoms with van der Waals surface area (Å²) in [5, 5.41) is 3.12. The molecule has 0 unspecified atom stereocenters. The molecule has 0 rings (SSSR count). The maximum Gasteiger partial charge on any atom is 0.00346 e. The molecule has 1 heteroatoms. The van der Waals surface area contributed by atoms with Gasteiger partial charge in [0.15, 0.2) is 0 Å². The molecule has 0 aliphatic rings.